The van der Waals surface area contributed by atoms with Crippen LogP contribution in [0.15, 0.2) is 78.9 Å². The lowest BCUT2D eigenvalue weighted by atomic mass is 9.86. The Kier molecular flexibility index (Phi) is 5.37. The zero-order valence-corrected chi connectivity index (χ0v) is 17.2. The Balaban J connectivity index is 1.34. The molecule has 0 unspecified atom stereocenters. The van der Waals surface area contributed by atoms with Crippen molar-refractivity contribution < 1.29 is 4.39 Å². The molecule has 1 aromatic heterocycles. The SMILES string of the molecule is Fc1ccccc1CCN1CCC(c2c(-c3ccccc3)[nH]c3ccccc23)CC1. The van der Waals surface area contributed by atoms with Crippen LogP contribution in [0, 0.1) is 5.82 Å². The number of para-hydroxylation sites is 1. The van der Waals surface area contributed by atoms with E-state index in [1.54, 1.807) is 12.1 Å². The lowest BCUT2D eigenvalue weighted by Crippen LogP contribution is -2.34. The molecule has 2 nitrogen and oxygen atoms in total. The van der Waals surface area contributed by atoms with Crippen LogP contribution in [0.4, 0.5) is 4.39 Å². The molecule has 0 spiro atoms. The maximum Gasteiger partial charge on any atom is 0.126 e. The molecule has 3 aromatic carbocycles. The summed E-state index contributed by atoms with van der Waals surface area (Å²) in [6, 6.07) is 26.5. The van der Waals surface area contributed by atoms with Crippen molar-refractivity contribution >= 4 is 10.9 Å². The van der Waals surface area contributed by atoms with Gasteiger partial charge in [-0.2, -0.15) is 0 Å². The molecule has 1 fully saturated rings. The van der Waals surface area contributed by atoms with Gasteiger partial charge < -0.3 is 9.88 Å². The summed E-state index contributed by atoms with van der Waals surface area (Å²) in [7, 11) is 0. The van der Waals surface area contributed by atoms with Crippen molar-refractivity contribution in [3.63, 3.8) is 0 Å². The third-order valence-electron chi connectivity index (χ3n) is 6.46. The van der Waals surface area contributed by atoms with Gasteiger partial charge in [0, 0.05) is 23.1 Å². The van der Waals surface area contributed by atoms with E-state index in [2.05, 4.69) is 64.5 Å². The van der Waals surface area contributed by atoms with Gasteiger partial charge >= 0.3 is 0 Å². The molecule has 2 heterocycles. The Bertz CT molecular complexity index is 1120. The number of benzene rings is 3. The number of H-pyrrole nitrogens is 1. The molecule has 30 heavy (non-hydrogen) atoms. The quantitative estimate of drug-likeness (QED) is 0.412. The van der Waals surface area contributed by atoms with Gasteiger partial charge in [0.2, 0.25) is 0 Å². The average molecular weight is 399 g/mol. The van der Waals surface area contributed by atoms with Gasteiger partial charge in [-0.25, -0.2) is 4.39 Å². The van der Waals surface area contributed by atoms with Crippen molar-refractivity contribution in [2.75, 3.05) is 19.6 Å². The summed E-state index contributed by atoms with van der Waals surface area (Å²) in [4.78, 5) is 6.17. The summed E-state index contributed by atoms with van der Waals surface area (Å²) >= 11 is 0. The molecule has 5 rings (SSSR count). The van der Waals surface area contributed by atoms with E-state index < -0.39 is 0 Å². The van der Waals surface area contributed by atoms with Crippen LogP contribution in [0.2, 0.25) is 0 Å². The van der Waals surface area contributed by atoms with Crippen molar-refractivity contribution in [2.24, 2.45) is 0 Å². The molecular formula is C27H27FN2. The number of hydrogen-bond acceptors (Lipinski definition) is 1. The largest absolute Gasteiger partial charge is 0.354 e. The van der Waals surface area contributed by atoms with Crippen molar-refractivity contribution in [1.29, 1.82) is 0 Å². The molecule has 1 aliphatic heterocycles. The van der Waals surface area contributed by atoms with Crippen LogP contribution >= 0.6 is 0 Å². The summed E-state index contributed by atoms with van der Waals surface area (Å²) in [6.07, 6.45) is 3.05. The number of nitrogens with one attached hydrogen (secondary N) is 1. The van der Waals surface area contributed by atoms with Crippen molar-refractivity contribution in [1.82, 2.24) is 9.88 Å². The van der Waals surface area contributed by atoms with Gasteiger partial charge in [0.15, 0.2) is 0 Å². The zero-order chi connectivity index (χ0) is 20.3. The van der Waals surface area contributed by atoms with Gasteiger partial charge in [0.05, 0.1) is 0 Å². The minimum Gasteiger partial charge on any atom is -0.354 e. The first-order chi connectivity index (χ1) is 14.8. The summed E-state index contributed by atoms with van der Waals surface area (Å²) in [6.45, 7) is 3.05. The molecule has 0 aliphatic carbocycles. The predicted octanol–water partition coefficient (Wildman–Crippen LogP) is 6.40. The predicted molar refractivity (Wildman–Crippen MR) is 122 cm³/mol. The number of likely N-dealkylation sites (tertiary alicyclic amines) is 1. The minimum atomic E-state index is -0.0846. The monoisotopic (exact) mass is 398 g/mol. The maximum atomic E-state index is 13.9. The minimum absolute atomic E-state index is 0.0846. The topological polar surface area (TPSA) is 19.0 Å². The first kappa shape index (κ1) is 19.1. The van der Waals surface area contributed by atoms with E-state index in [1.165, 1.54) is 27.7 Å². The first-order valence-electron chi connectivity index (χ1n) is 10.9. The van der Waals surface area contributed by atoms with Crippen LogP contribution < -0.4 is 0 Å². The molecule has 0 atom stereocenters. The van der Waals surface area contributed by atoms with Crippen LogP contribution in [0.5, 0.6) is 0 Å². The van der Waals surface area contributed by atoms with Crippen molar-refractivity contribution in [3.05, 3.63) is 95.8 Å². The number of halogens is 1. The Morgan fingerprint density at radius 1 is 0.833 bits per heavy atom. The third kappa shape index (κ3) is 3.78. The summed E-state index contributed by atoms with van der Waals surface area (Å²) < 4.78 is 13.9. The van der Waals surface area contributed by atoms with Crippen LogP contribution in [-0.2, 0) is 6.42 Å². The number of aromatic amines is 1. The first-order valence-corrected chi connectivity index (χ1v) is 10.9. The molecule has 0 radical (unpaired) electrons. The molecule has 1 N–H and O–H groups in total. The molecule has 152 valence electrons. The van der Waals surface area contributed by atoms with Gasteiger partial charge in [-0.1, -0.05) is 66.7 Å². The fourth-order valence-corrected chi connectivity index (χ4v) is 4.85. The van der Waals surface area contributed by atoms with Crippen LogP contribution in [-0.4, -0.2) is 29.5 Å². The zero-order valence-electron chi connectivity index (χ0n) is 17.2. The summed E-state index contributed by atoms with van der Waals surface area (Å²) in [5.41, 5.74) is 6.02. The van der Waals surface area contributed by atoms with E-state index in [-0.39, 0.29) is 5.82 Å². The van der Waals surface area contributed by atoms with Gasteiger partial charge in [-0.15, -0.1) is 0 Å². The molecule has 3 heteroatoms. The van der Waals surface area contributed by atoms with Crippen LogP contribution in [0.1, 0.15) is 29.9 Å². The van der Waals surface area contributed by atoms with Crippen LogP contribution in [0.25, 0.3) is 22.2 Å². The smallest absolute Gasteiger partial charge is 0.126 e. The van der Waals surface area contributed by atoms with E-state index >= 15 is 0 Å². The molecule has 0 amide bonds. The number of aromatic nitrogens is 1. The van der Waals surface area contributed by atoms with E-state index in [0.717, 1.165) is 44.5 Å². The fourth-order valence-electron chi connectivity index (χ4n) is 4.85. The Hall–Kier alpha value is -2.91. The van der Waals surface area contributed by atoms with Gasteiger partial charge in [0.25, 0.3) is 0 Å². The highest BCUT2D eigenvalue weighted by molar-refractivity contribution is 5.91. The highest BCUT2D eigenvalue weighted by Crippen LogP contribution is 2.40. The molecular weight excluding hydrogens is 371 g/mol. The Morgan fingerprint density at radius 3 is 2.33 bits per heavy atom. The van der Waals surface area contributed by atoms with Gasteiger partial charge in [0.1, 0.15) is 5.82 Å². The maximum absolute atomic E-state index is 13.9. The fraction of sp³-hybridized carbons (Fsp3) is 0.259. The van der Waals surface area contributed by atoms with Crippen LogP contribution in [0.3, 0.4) is 0 Å². The number of hydrogen-bond donors (Lipinski definition) is 1. The number of nitrogens with zero attached hydrogens (tertiary/aromatic N) is 1. The highest BCUT2D eigenvalue weighted by atomic mass is 19.1. The highest BCUT2D eigenvalue weighted by Gasteiger charge is 2.26. The summed E-state index contributed by atoms with van der Waals surface area (Å²) in [5.74, 6) is 0.458. The molecule has 0 bridgehead atoms. The van der Waals surface area contributed by atoms with E-state index in [1.807, 2.05) is 12.1 Å². The number of piperidine rings is 1. The number of fused-ring (bicyclic) bond motifs is 1. The van der Waals surface area contributed by atoms with Crippen molar-refractivity contribution in [3.8, 4) is 11.3 Å². The second kappa shape index (κ2) is 8.45. The summed E-state index contributed by atoms with van der Waals surface area (Å²) in [5, 5.41) is 1.35. The van der Waals surface area contributed by atoms with Gasteiger partial charge in [-0.05, 0) is 67.1 Å². The molecule has 1 saturated heterocycles. The molecule has 1 aliphatic rings. The van der Waals surface area contributed by atoms with E-state index in [4.69, 9.17) is 0 Å². The second-order valence-electron chi connectivity index (χ2n) is 8.28. The lowest BCUT2D eigenvalue weighted by Gasteiger charge is -2.32. The standard InChI is InChI=1S/C27H27FN2/c28-24-12-6-4-8-20(24)14-17-30-18-15-21(16-19-30)26-23-11-5-7-13-25(23)29-27(26)22-9-2-1-3-10-22/h1-13,21,29H,14-19H2. The Labute approximate surface area is 177 Å². The van der Waals surface area contributed by atoms with Crippen molar-refractivity contribution in [2.45, 2.75) is 25.2 Å². The second-order valence-corrected chi connectivity index (χ2v) is 8.28. The molecule has 4 aromatic rings. The Morgan fingerprint density at radius 2 is 1.53 bits per heavy atom. The number of rotatable bonds is 5. The van der Waals surface area contributed by atoms with E-state index in [9.17, 15) is 4.39 Å². The van der Waals surface area contributed by atoms with E-state index in [0.29, 0.717) is 5.92 Å². The average Bonchev–Trinajstić information content (AvgIpc) is 3.19. The van der Waals surface area contributed by atoms with Gasteiger partial charge in [-0.3, -0.25) is 0 Å². The normalized spacial score (nSPS) is 15.6. The lowest BCUT2D eigenvalue weighted by molar-refractivity contribution is 0.214. The third-order valence-corrected chi connectivity index (χ3v) is 6.46. The molecule has 0 saturated carbocycles.